The molecule has 6 nitrogen and oxygen atoms in total. The monoisotopic (exact) mass is 401 g/mol. The van der Waals surface area contributed by atoms with E-state index in [0.717, 1.165) is 10.5 Å². The Morgan fingerprint density at radius 3 is 2.50 bits per heavy atom. The molecule has 1 saturated heterocycles. The zero-order valence-electron chi connectivity index (χ0n) is 16.4. The molecule has 150 valence electrons. The molecule has 0 saturated carbocycles. The standard InChI is InChI=1S/C21H27N3O3S/c1-16(2)22-19(25)14-23-9-11-24(12-10-23)21(26)20-17(8-13-27-20)15-28-18-6-4-3-5-7-18/h3-8,13,16H,9-12,14-15H2,1-2H3,(H,22,25). The average Bonchev–Trinajstić information content (AvgIpc) is 3.15. The highest BCUT2D eigenvalue weighted by Crippen LogP contribution is 2.25. The van der Waals surface area contributed by atoms with Gasteiger partial charge in [0.25, 0.3) is 5.91 Å². The number of hydrogen-bond acceptors (Lipinski definition) is 5. The highest BCUT2D eigenvalue weighted by Gasteiger charge is 2.26. The van der Waals surface area contributed by atoms with Crippen molar-refractivity contribution in [1.82, 2.24) is 15.1 Å². The number of amides is 2. The van der Waals surface area contributed by atoms with Gasteiger partial charge >= 0.3 is 0 Å². The van der Waals surface area contributed by atoms with Gasteiger partial charge in [0.1, 0.15) is 0 Å². The third-order valence-electron chi connectivity index (χ3n) is 4.55. The molecule has 28 heavy (non-hydrogen) atoms. The third kappa shape index (κ3) is 5.62. The van der Waals surface area contributed by atoms with Gasteiger partial charge in [-0.25, -0.2) is 0 Å². The Balaban J connectivity index is 1.52. The number of carbonyl (C=O) groups excluding carboxylic acids is 2. The second kappa shape index (κ2) is 9.80. The van der Waals surface area contributed by atoms with Gasteiger partial charge in [-0.15, -0.1) is 11.8 Å². The Morgan fingerprint density at radius 2 is 1.82 bits per heavy atom. The molecule has 1 aromatic carbocycles. The Labute approximate surface area is 170 Å². The number of piperazine rings is 1. The lowest BCUT2D eigenvalue weighted by molar-refractivity contribution is -0.123. The van der Waals surface area contributed by atoms with Gasteiger partial charge in [0, 0.05) is 48.4 Å². The molecule has 0 aliphatic carbocycles. The number of nitrogens with one attached hydrogen (secondary N) is 1. The molecule has 1 aliphatic rings. The SMILES string of the molecule is CC(C)NC(=O)CN1CCN(C(=O)c2occc2CSc2ccccc2)CC1. The van der Waals surface area contributed by atoms with Crippen molar-refractivity contribution in [1.29, 1.82) is 0 Å². The summed E-state index contributed by atoms with van der Waals surface area (Å²) in [5.74, 6) is 1.08. The summed E-state index contributed by atoms with van der Waals surface area (Å²) in [5, 5.41) is 2.90. The minimum atomic E-state index is -0.0695. The van der Waals surface area contributed by atoms with Gasteiger partial charge in [-0.05, 0) is 32.0 Å². The second-order valence-electron chi connectivity index (χ2n) is 7.17. The molecular weight excluding hydrogens is 374 g/mol. The van der Waals surface area contributed by atoms with Crippen molar-refractivity contribution in [3.63, 3.8) is 0 Å². The third-order valence-corrected chi connectivity index (χ3v) is 5.62. The number of nitrogens with zero attached hydrogens (tertiary/aromatic N) is 2. The van der Waals surface area contributed by atoms with Crippen molar-refractivity contribution in [2.75, 3.05) is 32.7 Å². The van der Waals surface area contributed by atoms with E-state index in [1.165, 1.54) is 0 Å². The predicted molar refractivity (Wildman–Crippen MR) is 110 cm³/mol. The summed E-state index contributed by atoms with van der Waals surface area (Å²) < 4.78 is 5.52. The fraction of sp³-hybridized carbons (Fsp3) is 0.429. The van der Waals surface area contributed by atoms with Crippen LogP contribution in [0.25, 0.3) is 0 Å². The molecular formula is C21H27N3O3S. The molecule has 1 aliphatic heterocycles. The number of benzene rings is 1. The number of carbonyl (C=O) groups is 2. The fourth-order valence-electron chi connectivity index (χ4n) is 3.14. The van der Waals surface area contributed by atoms with Crippen LogP contribution >= 0.6 is 11.8 Å². The maximum atomic E-state index is 12.9. The molecule has 1 aromatic heterocycles. The van der Waals surface area contributed by atoms with Crippen LogP contribution in [-0.2, 0) is 10.5 Å². The van der Waals surface area contributed by atoms with E-state index in [1.807, 2.05) is 43.0 Å². The van der Waals surface area contributed by atoms with Crippen LogP contribution in [0.3, 0.4) is 0 Å². The Hall–Kier alpha value is -2.25. The zero-order valence-corrected chi connectivity index (χ0v) is 17.2. The minimum Gasteiger partial charge on any atom is -0.459 e. The van der Waals surface area contributed by atoms with Gasteiger partial charge in [0.15, 0.2) is 5.76 Å². The van der Waals surface area contributed by atoms with Gasteiger partial charge in [-0.3, -0.25) is 14.5 Å². The normalized spacial score (nSPS) is 15.0. The zero-order chi connectivity index (χ0) is 19.9. The van der Waals surface area contributed by atoms with Crippen molar-refractivity contribution < 1.29 is 14.0 Å². The lowest BCUT2D eigenvalue weighted by atomic mass is 10.2. The van der Waals surface area contributed by atoms with Gasteiger partial charge in [-0.1, -0.05) is 18.2 Å². The molecule has 2 aromatic rings. The van der Waals surface area contributed by atoms with Gasteiger partial charge in [-0.2, -0.15) is 0 Å². The first-order valence-electron chi connectivity index (χ1n) is 9.58. The maximum absolute atomic E-state index is 12.9. The quantitative estimate of drug-likeness (QED) is 0.723. The maximum Gasteiger partial charge on any atom is 0.289 e. The molecule has 0 atom stereocenters. The highest BCUT2D eigenvalue weighted by molar-refractivity contribution is 7.98. The van der Waals surface area contributed by atoms with Gasteiger partial charge < -0.3 is 14.6 Å². The molecule has 3 rings (SSSR count). The molecule has 0 radical (unpaired) electrons. The molecule has 1 N–H and O–H groups in total. The molecule has 2 heterocycles. The van der Waals surface area contributed by atoms with E-state index < -0.39 is 0 Å². The lowest BCUT2D eigenvalue weighted by Gasteiger charge is -2.34. The van der Waals surface area contributed by atoms with E-state index in [9.17, 15) is 9.59 Å². The van der Waals surface area contributed by atoms with E-state index >= 15 is 0 Å². The summed E-state index contributed by atoms with van der Waals surface area (Å²) in [6, 6.07) is 12.1. The van der Waals surface area contributed by atoms with Crippen LogP contribution in [0.15, 0.2) is 52.0 Å². The minimum absolute atomic E-state index is 0.0287. The van der Waals surface area contributed by atoms with Crippen LogP contribution in [-0.4, -0.2) is 60.4 Å². The van der Waals surface area contributed by atoms with Crippen molar-refractivity contribution in [3.05, 3.63) is 54.0 Å². The van der Waals surface area contributed by atoms with E-state index in [-0.39, 0.29) is 17.9 Å². The Bertz CT molecular complexity index is 783. The van der Waals surface area contributed by atoms with E-state index in [0.29, 0.717) is 44.2 Å². The molecule has 1 fully saturated rings. The van der Waals surface area contributed by atoms with E-state index in [4.69, 9.17) is 4.42 Å². The van der Waals surface area contributed by atoms with Crippen LogP contribution < -0.4 is 5.32 Å². The molecule has 0 bridgehead atoms. The summed E-state index contributed by atoms with van der Waals surface area (Å²) in [7, 11) is 0. The van der Waals surface area contributed by atoms with Crippen molar-refractivity contribution in [2.45, 2.75) is 30.5 Å². The van der Waals surface area contributed by atoms with Crippen molar-refractivity contribution in [3.8, 4) is 0 Å². The topological polar surface area (TPSA) is 65.8 Å². The largest absolute Gasteiger partial charge is 0.459 e. The van der Waals surface area contributed by atoms with Crippen LogP contribution in [0.4, 0.5) is 0 Å². The van der Waals surface area contributed by atoms with Crippen LogP contribution in [0, 0.1) is 0 Å². The molecule has 7 heteroatoms. The predicted octanol–water partition coefficient (Wildman–Crippen LogP) is 2.85. The van der Waals surface area contributed by atoms with Gasteiger partial charge in [0.2, 0.25) is 5.91 Å². The Morgan fingerprint density at radius 1 is 1.11 bits per heavy atom. The van der Waals surface area contributed by atoms with Crippen molar-refractivity contribution in [2.24, 2.45) is 0 Å². The highest BCUT2D eigenvalue weighted by atomic mass is 32.2. The number of hydrogen-bond donors (Lipinski definition) is 1. The van der Waals surface area contributed by atoms with Crippen molar-refractivity contribution >= 4 is 23.6 Å². The Kier molecular flexibility index (Phi) is 7.17. The van der Waals surface area contributed by atoms with Crippen LogP contribution in [0.1, 0.15) is 30.0 Å². The number of thioether (sulfide) groups is 1. The summed E-state index contributed by atoms with van der Waals surface area (Å²) in [6.45, 7) is 6.84. The molecule has 0 spiro atoms. The number of furan rings is 1. The summed E-state index contributed by atoms with van der Waals surface area (Å²) >= 11 is 1.68. The van der Waals surface area contributed by atoms with Crippen LogP contribution in [0.5, 0.6) is 0 Å². The smallest absolute Gasteiger partial charge is 0.289 e. The summed E-state index contributed by atoms with van der Waals surface area (Å²) in [5.41, 5.74) is 0.914. The first-order valence-corrected chi connectivity index (χ1v) is 10.6. The van der Waals surface area contributed by atoms with E-state index in [2.05, 4.69) is 22.3 Å². The summed E-state index contributed by atoms with van der Waals surface area (Å²) in [4.78, 5) is 29.9. The van der Waals surface area contributed by atoms with Crippen LogP contribution in [0.2, 0.25) is 0 Å². The molecule has 0 unspecified atom stereocenters. The van der Waals surface area contributed by atoms with E-state index in [1.54, 1.807) is 18.0 Å². The average molecular weight is 402 g/mol. The number of rotatable bonds is 7. The first kappa shape index (κ1) is 20.5. The van der Waals surface area contributed by atoms with Gasteiger partial charge in [0.05, 0.1) is 12.8 Å². The summed E-state index contributed by atoms with van der Waals surface area (Å²) in [6.07, 6.45) is 1.58. The first-order chi connectivity index (χ1) is 13.5. The molecule has 2 amide bonds. The lowest BCUT2D eigenvalue weighted by Crippen LogP contribution is -2.51. The second-order valence-corrected chi connectivity index (χ2v) is 8.22. The fourth-order valence-corrected chi connectivity index (χ4v) is 4.04.